The number of nitrogens with zero attached hydrogens (tertiary/aromatic N) is 2. The van der Waals surface area contributed by atoms with Crippen molar-refractivity contribution < 1.29 is 8.78 Å². The maximum atomic E-state index is 13.0. The fraction of sp³-hybridized carbons (Fsp3) is 0.500. The van der Waals surface area contributed by atoms with Crippen LogP contribution < -0.4 is 0 Å². The zero-order chi connectivity index (χ0) is 13.2. The molecule has 0 radical (unpaired) electrons. The number of hydrogen-bond acceptors (Lipinski definition) is 2. The first-order valence-corrected chi connectivity index (χ1v) is 6.19. The van der Waals surface area contributed by atoms with Crippen LogP contribution in [0.3, 0.4) is 0 Å². The van der Waals surface area contributed by atoms with Gasteiger partial charge in [0.05, 0.1) is 11.4 Å². The van der Waals surface area contributed by atoms with E-state index in [0.29, 0.717) is 19.6 Å². The smallest absolute Gasteiger partial charge is 0.250 e. The molecule has 0 aromatic carbocycles. The predicted octanol–water partition coefficient (Wildman–Crippen LogP) is 3.26. The summed E-state index contributed by atoms with van der Waals surface area (Å²) in [6.45, 7) is 7.22. The number of rotatable bonds is 3. The van der Waals surface area contributed by atoms with Crippen LogP contribution in [0.2, 0.25) is 0 Å². The minimum Gasteiger partial charge on any atom is -0.297 e. The van der Waals surface area contributed by atoms with Gasteiger partial charge in [0.25, 0.3) is 5.92 Å². The Hall–Kier alpha value is -1.29. The lowest BCUT2D eigenvalue weighted by Crippen LogP contribution is -2.39. The van der Waals surface area contributed by atoms with Crippen molar-refractivity contribution in [2.75, 3.05) is 13.1 Å². The van der Waals surface area contributed by atoms with Crippen molar-refractivity contribution in [2.45, 2.75) is 32.2 Å². The summed E-state index contributed by atoms with van der Waals surface area (Å²) < 4.78 is 26.1. The van der Waals surface area contributed by atoms with Gasteiger partial charge in [-0.1, -0.05) is 6.58 Å². The van der Waals surface area contributed by atoms with Crippen LogP contribution in [0.15, 0.2) is 18.7 Å². The summed E-state index contributed by atoms with van der Waals surface area (Å²) in [6.07, 6.45) is 1.61. The van der Waals surface area contributed by atoms with Crippen molar-refractivity contribution in [1.29, 1.82) is 0 Å². The fourth-order valence-electron chi connectivity index (χ4n) is 2.22. The second-order valence-corrected chi connectivity index (χ2v) is 4.90. The third-order valence-corrected chi connectivity index (χ3v) is 3.22. The Balaban J connectivity index is 2.02. The molecule has 1 fully saturated rings. The van der Waals surface area contributed by atoms with Gasteiger partial charge in [-0.15, -0.1) is 0 Å². The summed E-state index contributed by atoms with van der Waals surface area (Å²) >= 11 is 0. The van der Waals surface area contributed by atoms with Gasteiger partial charge in [-0.05, 0) is 30.7 Å². The maximum Gasteiger partial charge on any atom is 0.250 e. The van der Waals surface area contributed by atoms with Crippen molar-refractivity contribution in [2.24, 2.45) is 0 Å². The molecule has 0 saturated carbocycles. The summed E-state index contributed by atoms with van der Waals surface area (Å²) in [5.41, 5.74) is 2.89. The van der Waals surface area contributed by atoms with Crippen LogP contribution >= 0.6 is 0 Å². The number of alkyl halides is 2. The Kier molecular flexibility index (Phi) is 3.76. The molecule has 0 bridgehead atoms. The van der Waals surface area contributed by atoms with Crippen LogP contribution in [-0.4, -0.2) is 28.9 Å². The van der Waals surface area contributed by atoms with Gasteiger partial charge >= 0.3 is 0 Å². The number of aromatic nitrogens is 1. The first-order chi connectivity index (χ1) is 8.48. The first-order valence-electron chi connectivity index (χ1n) is 6.19. The van der Waals surface area contributed by atoms with E-state index in [0.717, 1.165) is 17.0 Å². The topological polar surface area (TPSA) is 16.1 Å². The van der Waals surface area contributed by atoms with E-state index in [-0.39, 0.29) is 12.8 Å². The number of piperidine rings is 1. The van der Waals surface area contributed by atoms with Gasteiger partial charge in [0.2, 0.25) is 0 Å². The fourth-order valence-corrected chi connectivity index (χ4v) is 2.22. The van der Waals surface area contributed by atoms with Crippen molar-refractivity contribution in [1.82, 2.24) is 9.88 Å². The highest BCUT2D eigenvalue weighted by Gasteiger charge is 2.33. The number of hydrogen-bond donors (Lipinski definition) is 0. The predicted molar refractivity (Wildman–Crippen MR) is 68.5 cm³/mol. The second kappa shape index (κ2) is 5.14. The SMILES string of the molecule is C=Cc1cc(C)cc(CN2CCC(F)(F)CC2)n1. The van der Waals surface area contributed by atoms with Gasteiger partial charge < -0.3 is 0 Å². The molecule has 1 aromatic rings. The molecule has 0 unspecified atom stereocenters. The molecular weight excluding hydrogens is 234 g/mol. The molecule has 0 atom stereocenters. The molecule has 1 saturated heterocycles. The highest BCUT2D eigenvalue weighted by Crippen LogP contribution is 2.28. The quantitative estimate of drug-likeness (QED) is 0.820. The van der Waals surface area contributed by atoms with Crippen LogP contribution in [0.1, 0.15) is 29.8 Å². The molecule has 0 spiro atoms. The standard InChI is InChI=1S/C14H18F2N2/c1-3-12-8-11(2)9-13(17-12)10-18-6-4-14(15,16)5-7-18/h3,8-9H,1,4-7,10H2,2H3. The number of pyridine rings is 1. The third-order valence-electron chi connectivity index (χ3n) is 3.22. The Morgan fingerprint density at radius 1 is 1.39 bits per heavy atom. The molecule has 1 aliphatic rings. The highest BCUT2D eigenvalue weighted by molar-refractivity contribution is 5.43. The average molecular weight is 252 g/mol. The molecular formula is C14H18F2N2. The van der Waals surface area contributed by atoms with Gasteiger partial charge in [-0.3, -0.25) is 9.88 Å². The summed E-state index contributed by atoms with van der Waals surface area (Å²) in [4.78, 5) is 6.47. The Morgan fingerprint density at radius 3 is 2.67 bits per heavy atom. The van der Waals surface area contributed by atoms with Crippen LogP contribution in [0.4, 0.5) is 8.78 Å². The average Bonchev–Trinajstić information content (AvgIpc) is 2.31. The van der Waals surface area contributed by atoms with E-state index in [9.17, 15) is 8.78 Å². The Labute approximate surface area is 106 Å². The summed E-state index contributed by atoms with van der Waals surface area (Å²) in [5, 5.41) is 0. The lowest BCUT2D eigenvalue weighted by molar-refractivity contribution is -0.0568. The lowest BCUT2D eigenvalue weighted by Gasteiger charge is -2.31. The lowest BCUT2D eigenvalue weighted by atomic mass is 10.1. The number of aryl methyl sites for hydroxylation is 1. The van der Waals surface area contributed by atoms with E-state index in [1.54, 1.807) is 6.08 Å². The molecule has 2 heterocycles. The normalized spacial score (nSPS) is 19.7. The molecule has 0 N–H and O–H groups in total. The van der Waals surface area contributed by atoms with Gasteiger partial charge in [0.1, 0.15) is 0 Å². The maximum absolute atomic E-state index is 13.0. The molecule has 4 heteroatoms. The number of likely N-dealkylation sites (tertiary alicyclic amines) is 1. The van der Waals surface area contributed by atoms with Gasteiger partial charge in [-0.2, -0.15) is 0 Å². The zero-order valence-electron chi connectivity index (χ0n) is 10.6. The molecule has 1 aromatic heterocycles. The monoisotopic (exact) mass is 252 g/mol. The van der Waals surface area contributed by atoms with Crippen LogP contribution in [-0.2, 0) is 6.54 Å². The van der Waals surface area contributed by atoms with E-state index in [1.807, 2.05) is 24.0 Å². The third kappa shape index (κ3) is 3.35. The molecule has 2 rings (SSSR count). The largest absolute Gasteiger partial charge is 0.297 e. The second-order valence-electron chi connectivity index (χ2n) is 4.90. The highest BCUT2D eigenvalue weighted by atomic mass is 19.3. The van der Waals surface area contributed by atoms with Crippen molar-refractivity contribution in [3.05, 3.63) is 35.7 Å². The molecule has 18 heavy (non-hydrogen) atoms. The van der Waals surface area contributed by atoms with Crippen LogP contribution in [0, 0.1) is 6.92 Å². The van der Waals surface area contributed by atoms with Crippen LogP contribution in [0.25, 0.3) is 6.08 Å². The molecule has 2 nitrogen and oxygen atoms in total. The first kappa shape index (κ1) is 13.1. The Morgan fingerprint density at radius 2 is 2.06 bits per heavy atom. The minimum atomic E-state index is -2.48. The molecule has 0 aliphatic carbocycles. The van der Waals surface area contributed by atoms with E-state index >= 15 is 0 Å². The summed E-state index contributed by atoms with van der Waals surface area (Å²) in [7, 11) is 0. The van der Waals surface area contributed by atoms with Crippen molar-refractivity contribution >= 4 is 6.08 Å². The van der Waals surface area contributed by atoms with Crippen molar-refractivity contribution in [3.8, 4) is 0 Å². The summed E-state index contributed by atoms with van der Waals surface area (Å²) in [6, 6.07) is 3.96. The van der Waals surface area contributed by atoms with Crippen LogP contribution in [0.5, 0.6) is 0 Å². The summed E-state index contributed by atoms with van der Waals surface area (Å²) in [5.74, 6) is -2.48. The number of halogens is 2. The van der Waals surface area contributed by atoms with Crippen molar-refractivity contribution in [3.63, 3.8) is 0 Å². The van der Waals surface area contributed by atoms with E-state index in [1.165, 1.54) is 0 Å². The van der Waals surface area contributed by atoms with E-state index < -0.39 is 5.92 Å². The molecule has 1 aliphatic heterocycles. The van der Waals surface area contributed by atoms with Gasteiger partial charge in [0.15, 0.2) is 0 Å². The molecule has 0 amide bonds. The van der Waals surface area contributed by atoms with Gasteiger partial charge in [-0.25, -0.2) is 8.78 Å². The van der Waals surface area contributed by atoms with E-state index in [2.05, 4.69) is 11.6 Å². The van der Waals surface area contributed by atoms with E-state index in [4.69, 9.17) is 0 Å². The van der Waals surface area contributed by atoms with Gasteiger partial charge in [0, 0.05) is 32.5 Å². The minimum absolute atomic E-state index is 0.0485. The molecule has 98 valence electrons. The zero-order valence-corrected chi connectivity index (χ0v) is 10.6. The Bertz CT molecular complexity index is 433.